The fourth-order valence-corrected chi connectivity index (χ4v) is 2.31. The molecule has 0 fully saturated rings. The zero-order chi connectivity index (χ0) is 13.8. The normalized spacial score (nSPS) is 12.4. The Balaban J connectivity index is 2.23. The summed E-state index contributed by atoms with van der Waals surface area (Å²) in [5.41, 5.74) is 1.77. The number of halogens is 1. The van der Waals surface area contributed by atoms with Crippen LogP contribution in [-0.2, 0) is 6.54 Å². The van der Waals surface area contributed by atoms with E-state index in [-0.39, 0.29) is 0 Å². The van der Waals surface area contributed by atoms with Gasteiger partial charge in [0.25, 0.3) is 0 Å². The van der Waals surface area contributed by atoms with Crippen molar-refractivity contribution in [2.75, 3.05) is 11.4 Å². The molecule has 1 heterocycles. The van der Waals surface area contributed by atoms with Crippen LogP contribution in [-0.4, -0.2) is 11.7 Å². The Morgan fingerprint density at radius 1 is 1.37 bits per heavy atom. The number of anilines is 1. The molecule has 4 heteroatoms. The maximum absolute atomic E-state index is 9.56. The summed E-state index contributed by atoms with van der Waals surface area (Å²) in [6.45, 7) is 5.30. The van der Waals surface area contributed by atoms with Crippen LogP contribution in [0.25, 0.3) is 0 Å². The lowest BCUT2D eigenvalue weighted by Crippen LogP contribution is -2.22. The van der Waals surface area contributed by atoms with Crippen molar-refractivity contribution < 1.29 is 9.52 Å². The molecule has 0 aliphatic heterocycles. The SMILES string of the molecule is CCN(Cc1ccco1)c1ccc([C@H](C)O)cc1Cl. The molecule has 1 N–H and O–H groups in total. The molecule has 1 aromatic heterocycles. The Morgan fingerprint density at radius 3 is 2.68 bits per heavy atom. The van der Waals surface area contributed by atoms with Crippen LogP contribution < -0.4 is 4.90 Å². The summed E-state index contributed by atoms with van der Waals surface area (Å²) in [5, 5.41) is 10.2. The molecule has 3 nitrogen and oxygen atoms in total. The van der Waals surface area contributed by atoms with Crippen LogP contribution in [0.4, 0.5) is 5.69 Å². The van der Waals surface area contributed by atoms with Gasteiger partial charge < -0.3 is 14.4 Å². The van der Waals surface area contributed by atoms with E-state index in [0.717, 1.165) is 23.6 Å². The Bertz CT molecular complexity index is 523. The van der Waals surface area contributed by atoms with Gasteiger partial charge in [-0.05, 0) is 43.7 Å². The zero-order valence-electron chi connectivity index (χ0n) is 11.1. The average Bonchev–Trinajstić information content (AvgIpc) is 2.89. The smallest absolute Gasteiger partial charge is 0.123 e. The van der Waals surface area contributed by atoms with Gasteiger partial charge in [0.2, 0.25) is 0 Å². The molecule has 0 aliphatic carbocycles. The first-order valence-electron chi connectivity index (χ1n) is 6.36. The van der Waals surface area contributed by atoms with E-state index in [1.807, 2.05) is 30.3 Å². The molecule has 0 unspecified atom stereocenters. The molecule has 0 radical (unpaired) electrons. The average molecular weight is 280 g/mol. The Kier molecular flexibility index (Phi) is 4.51. The zero-order valence-corrected chi connectivity index (χ0v) is 11.9. The minimum Gasteiger partial charge on any atom is -0.467 e. The van der Waals surface area contributed by atoms with E-state index < -0.39 is 6.10 Å². The maximum atomic E-state index is 9.56. The molecule has 0 spiro atoms. The molecule has 102 valence electrons. The highest BCUT2D eigenvalue weighted by Crippen LogP contribution is 2.30. The van der Waals surface area contributed by atoms with E-state index >= 15 is 0 Å². The lowest BCUT2D eigenvalue weighted by molar-refractivity contribution is 0.199. The summed E-state index contributed by atoms with van der Waals surface area (Å²) in [6.07, 6.45) is 1.16. The molecule has 2 rings (SSSR count). The number of benzene rings is 1. The Labute approximate surface area is 118 Å². The van der Waals surface area contributed by atoms with E-state index in [1.54, 1.807) is 13.2 Å². The van der Waals surface area contributed by atoms with Gasteiger partial charge in [-0.3, -0.25) is 0 Å². The number of rotatable bonds is 5. The lowest BCUT2D eigenvalue weighted by atomic mass is 10.1. The lowest BCUT2D eigenvalue weighted by Gasteiger charge is -2.23. The molecule has 0 aliphatic rings. The highest BCUT2D eigenvalue weighted by molar-refractivity contribution is 6.33. The van der Waals surface area contributed by atoms with Crippen molar-refractivity contribution in [1.29, 1.82) is 0 Å². The first-order valence-corrected chi connectivity index (χ1v) is 6.74. The third-order valence-electron chi connectivity index (χ3n) is 3.10. The maximum Gasteiger partial charge on any atom is 0.123 e. The van der Waals surface area contributed by atoms with E-state index in [2.05, 4.69) is 11.8 Å². The molecule has 1 aromatic carbocycles. The van der Waals surface area contributed by atoms with Crippen molar-refractivity contribution in [2.45, 2.75) is 26.5 Å². The summed E-state index contributed by atoms with van der Waals surface area (Å²) in [7, 11) is 0. The van der Waals surface area contributed by atoms with Crippen molar-refractivity contribution in [1.82, 2.24) is 0 Å². The fourth-order valence-electron chi connectivity index (χ4n) is 2.00. The minimum absolute atomic E-state index is 0.508. The van der Waals surface area contributed by atoms with Gasteiger partial charge in [-0.25, -0.2) is 0 Å². The first kappa shape index (κ1) is 14.0. The second-order valence-corrected chi connectivity index (χ2v) is 4.89. The summed E-state index contributed by atoms with van der Waals surface area (Å²) >= 11 is 6.30. The van der Waals surface area contributed by atoms with Crippen LogP contribution >= 0.6 is 11.6 Å². The Hall–Kier alpha value is -1.45. The van der Waals surface area contributed by atoms with E-state index in [1.165, 1.54) is 0 Å². The standard InChI is InChI=1S/C15H18ClNO2/c1-3-17(10-13-5-4-8-19-13)15-7-6-12(11(2)18)9-14(15)16/h4-9,11,18H,3,10H2,1-2H3/t11-/m0/s1. The predicted molar refractivity (Wildman–Crippen MR) is 77.5 cm³/mol. The van der Waals surface area contributed by atoms with Crippen LogP contribution in [0, 0.1) is 0 Å². The largest absolute Gasteiger partial charge is 0.467 e. The second kappa shape index (κ2) is 6.13. The summed E-state index contributed by atoms with van der Waals surface area (Å²) in [6, 6.07) is 9.47. The van der Waals surface area contributed by atoms with Gasteiger partial charge in [0.15, 0.2) is 0 Å². The van der Waals surface area contributed by atoms with Crippen LogP contribution in [0.2, 0.25) is 5.02 Å². The number of furan rings is 1. The highest BCUT2D eigenvalue weighted by Gasteiger charge is 2.12. The molecule has 0 bridgehead atoms. The first-order chi connectivity index (χ1) is 9.11. The monoisotopic (exact) mass is 279 g/mol. The minimum atomic E-state index is -0.508. The highest BCUT2D eigenvalue weighted by atomic mass is 35.5. The number of aliphatic hydroxyl groups excluding tert-OH is 1. The van der Waals surface area contributed by atoms with Crippen molar-refractivity contribution >= 4 is 17.3 Å². The number of hydrogen-bond acceptors (Lipinski definition) is 3. The Morgan fingerprint density at radius 2 is 2.16 bits per heavy atom. The third-order valence-corrected chi connectivity index (χ3v) is 3.41. The molecule has 0 saturated carbocycles. The van der Waals surface area contributed by atoms with E-state index in [4.69, 9.17) is 16.0 Å². The molecule has 0 amide bonds. The van der Waals surface area contributed by atoms with Crippen LogP contribution in [0.3, 0.4) is 0 Å². The van der Waals surface area contributed by atoms with E-state index in [9.17, 15) is 5.11 Å². The molecule has 1 atom stereocenters. The third kappa shape index (κ3) is 3.31. The van der Waals surface area contributed by atoms with Crippen LogP contribution in [0.5, 0.6) is 0 Å². The fraction of sp³-hybridized carbons (Fsp3) is 0.333. The van der Waals surface area contributed by atoms with Gasteiger partial charge in [0.1, 0.15) is 5.76 Å². The molecule has 19 heavy (non-hydrogen) atoms. The van der Waals surface area contributed by atoms with Gasteiger partial charge in [-0.1, -0.05) is 17.7 Å². The molecular weight excluding hydrogens is 262 g/mol. The predicted octanol–water partition coefficient (Wildman–Crippen LogP) is 4.01. The van der Waals surface area contributed by atoms with Gasteiger partial charge in [-0.15, -0.1) is 0 Å². The van der Waals surface area contributed by atoms with Crippen LogP contribution in [0.1, 0.15) is 31.3 Å². The van der Waals surface area contributed by atoms with Crippen molar-refractivity contribution in [3.8, 4) is 0 Å². The van der Waals surface area contributed by atoms with E-state index in [0.29, 0.717) is 11.6 Å². The van der Waals surface area contributed by atoms with Gasteiger partial charge in [-0.2, -0.15) is 0 Å². The van der Waals surface area contributed by atoms with Crippen LogP contribution in [0.15, 0.2) is 41.0 Å². The van der Waals surface area contributed by atoms with Gasteiger partial charge in [0.05, 0.1) is 29.6 Å². The summed E-state index contributed by atoms with van der Waals surface area (Å²) < 4.78 is 5.36. The van der Waals surface area contributed by atoms with Crippen molar-refractivity contribution in [2.24, 2.45) is 0 Å². The molecular formula is C15H18ClNO2. The van der Waals surface area contributed by atoms with Gasteiger partial charge >= 0.3 is 0 Å². The van der Waals surface area contributed by atoms with Crippen molar-refractivity contribution in [3.05, 3.63) is 52.9 Å². The molecule has 2 aromatic rings. The summed E-state index contributed by atoms with van der Waals surface area (Å²) in [5.74, 6) is 0.900. The topological polar surface area (TPSA) is 36.6 Å². The molecule has 0 saturated heterocycles. The van der Waals surface area contributed by atoms with Crippen molar-refractivity contribution in [3.63, 3.8) is 0 Å². The quantitative estimate of drug-likeness (QED) is 0.898. The van der Waals surface area contributed by atoms with Gasteiger partial charge in [0, 0.05) is 6.54 Å². The number of hydrogen-bond donors (Lipinski definition) is 1. The second-order valence-electron chi connectivity index (χ2n) is 4.48. The number of nitrogens with zero attached hydrogens (tertiary/aromatic N) is 1. The summed E-state index contributed by atoms with van der Waals surface area (Å²) in [4.78, 5) is 2.13. The number of aliphatic hydroxyl groups is 1.